The Morgan fingerprint density at radius 3 is 2.50 bits per heavy atom. The van der Waals surface area contributed by atoms with Crippen molar-refractivity contribution < 1.29 is 0 Å². The van der Waals surface area contributed by atoms with Crippen LogP contribution in [0.3, 0.4) is 0 Å². The first kappa shape index (κ1) is 18.9. The van der Waals surface area contributed by atoms with Gasteiger partial charge in [-0.2, -0.15) is 9.97 Å². The molecule has 1 aromatic carbocycles. The molecule has 0 saturated heterocycles. The zero-order chi connectivity index (χ0) is 19.7. The number of aromatic nitrogens is 5. The summed E-state index contributed by atoms with van der Waals surface area (Å²) in [5, 5.41) is 16.1. The Labute approximate surface area is 168 Å². The molecule has 0 atom stereocenters. The highest BCUT2D eigenvalue weighted by atomic mass is 35.5. The summed E-state index contributed by atoms with van der Waals surface area (Å²) < 4.78 is 1.81. The van der Waals surface area contributed by atoms with Gasteiger partial charge >= 0.3 is 0 Å². The molecule has 9 heteroatoms. The fourth-order valence-corrected chi connectivity index (χ4v) is 3.57. The summed E-state index contributed by atoms with van der Waals surface area (Å²) in [6, 6.07) is 8.23. The number of halogens is 1. The van der Waals surface area contributed by atoms with Crippen molar-refractivity contribution in [3.63, 3.8) is 0 Å². The van der Waals surface area contributed by atoms with E-state index in [0.29, 0.717) is 40.0 Å². The standard InChI is InChI=1S/C19H25ClN8/c1-11(2)28-18-16(26-27-28)17(22-14-7-3-12(20)4-8-14)24-19(25-18)23-15-9-5-13(21)6-10-15/h3-4,7-8,11,13,15H,5-6,9-10,21H2,1-2H3,(H2,22,23,24,25). The maximum absolute atomic E-state index is 6.03. The fraction of sp³-hybridized carbons (Fsp3) is 0.474. The van der Waals surface area contributed by atoms with Crippen LogP contribution in [0.5, 0.6) is 0 Å². The maximum Gasteiger partial charge on any atom is 0.227 e. The van der Waals surface area contributed by atoms with Crippen molar-refractivity contribution in [1.82, 2.24) is 25.0 Å². The van der Waals surface area contributed by atoms with Crippen LogP contribution in [0.2, 0.25) is 5.02 Å². The van der Waals surface area contributed by atoms with Crippen LogP contribution in [0.4, 0.5) is 17.5 Å². The molecule has 1 saturated carbocycles. The summed E-state index contributed by atoms with van der Waals surface area (Å²) >= 11 is 5.99. The van der Waals surface area contributed by atoms with Gasteiger partial charge in [-0.3, -0.25) is 0 Å². The molecule has 2 heterocycles. The Bertz CT molecular complexity index is 944. The Morgan fingerprint density at radius 2 is 1.82 bits per heavy atom. The maximum atomic E-state index is 6.03. The van der Waals surface area contributed by atoms with Gasteiger partial charge in [-0.05, 0) is 63.8 Å². The van der Waals surface area contributed by atoms with E-state index >= 15 is 0 Å². The van der Waals surface area contributed by atoms with Crippen LogP contribution in [0.25, 0.3) is 11.2 Å². The molecule has 0 spiro atoms. The number of nitrogens with zero attached hydrogens (tertiary/aromatic N) is 5. The average Bonchev–Trinajstić information content (AvgIpc) is 3.10. The summed E-state index contributed by atoms with van der Waals surface area (Å²) in [5.74, 6) is 1.20. The molecule has 1 fully saturated rings. The Balaban J connectivity index is 1.68. The first-order chi connectivity index (χ1) is 13.5. The largest absolute Gasteiger partial charge is 0.351 e. The Kier molecular flexibility index (Phi) is 5.32. The van der Waals surface area contributed by atoms with E-state index in [2.05, 4.69) is 34.8 Å². The van der Waals surface area contributed by atoms with Crippen molar-refractivity contribution >= 4 is 40.2 Å². The van der Waals surface area contributed by atoms with Gasteiger partial charge in [0.05, 0.1) is 6.04 Å². The summed E-state index contributed by atoms with van der Waals surface area (Å²) in [6.45, 7) is 4.11. The van der Waals surface area contributed by atoms with Crippen molar-refractivity contribution in [2.24, 2.45) is 5.73 Å². The molecule has 1 aliphatic carbocycles. The second-order valence-electron chi connectivity index (χ2n) is 7.58. The minimum Gasteiger partial charge on any atom is -0.351 e. The van der Waals surface area contributed by atoms with Crippen LogP contribution in [0.1, 0.15) is 45.6 Å². The van der Waals surface area contributed by atoms with Gasteiger partial charge in [0.1, 0.15) is 0 Å². The summed E-state index contributed by atoms with van der Waals surface area (Å²) in [5.41, 5.74) is 8.24. The molecule has 0 aliphatic heterocycles. The Hall–Kier alpha value is -2.45. The number of fused-ring (bicyclic) bond motifs is 1. The quantitative estimate of drug-likeness (QED) is 0.596. The highest BCUT2D eigenvalue weighted by Gasteiger charge is 2.21. The highest BCUT2D eigenvalue weighted by molar-refractivity contribution is 6.30. The molecule has 1 aliphatic rings. The van der Waals surface area contributed by atoms with E-state index in [9.17, 15) is 0 Å². The molecule has 8 nitrogen and oxygen atoms in total. The number of nitrogens with one attached hydrogen (secondary N) is 2. The van der Waals surface area contributed by atoms with E-state index < -0.39 is 0 Å². The van der Waals surface area contributed by atoms with Gasteiger partial charge in [0.15, 0.2) is 17.0 Å². The molecule has 3 aromatic rings. The van der Waals surface area contributed by atoms with E-state index in [-0.39, 0.29) is 6.04 Å². The van der Waals surface area contributed by atoms with Crippen LogP contribution in [-0.4, -0.2) is 37.0 Å². The van der Waals surface area contributed by atoms with Gasteiger partial charge < -0.3 is 16.4 Å². The average molecular weight is 401 g/mol. The van der Waals surface area contributed by atoms with E-state index in [1.54, 1.807) is 0 Å². The minimum absolute atomic E-state index is 0.142. The number of rotatable bonds is 5. The van der Waals surface area contributed by atoms with Gasteiger partial charge in [-0.1, -0.05) is 16.8 Å². The molecule has 2 aromatic heterocycles. The molecule has 148 valence electrons. The number of anilines is 3. The minimum atomic E-state index is 0.142. The molecule has 0 bridgehead atoms. The lowest BCUT2D eigenvalue weighted by molar-refractivity contribution is 0.410. The highest BCUT2D eigenvalue weighted by Crippen LogP contribution is 2.27. The van der Waals surface area contributed by atoms with Crippen LogP contribution in [0.15, 0.2) is 24.3 Å². The Morgan fingerprint density at radius 1 is 1.11 bits per heavy atom. The molecule has 0 unspecified atom stereocenters. The van der Waals surface area contributed by atoms with Gasteiger partial charge in [-0.25, -0.2) is 4.68 Å². The van der Waals surface area contributed by atoms with Gasteiger partial charge in [0, 0.05) is 22.8 Å². The van der Waals surface area contributed by atoms with Crippen LogP contribution in [-0.2, 0) is 0 Å². The smallest absolute Gasteiger partial charge is 0.227 e. The second-order valence-corrected chi connectivity index (χ2v) is 8.02. The van der Waals surface area contributed by atoms with Crippen molar-refractivity contribution in [3.05, 3.63) is 29.3 Å². The van der Waals surface area contributed by atoms with Crippen molar-refractivity contribution in [1.29, 1.82) is 0 Å². The number of nitrogens with two attached hydrogens (primary N) is 1. The summed E-state index contributed by atoms with van der Waals surface area (Å²) in [4.78, 5) is 9.40. The van der Waals surface area contributed by atoms with E-state index in [1.165, 1.54) is 0 Å². The first-order valence-corrected chi connectivity index (χ1v) is 10.0. The molecule has 0 radical (unpaired) electrons. The predicted molar refractivity (Wildman–Crippen MR) is 112 cm³/mol. The SMILES string of the molecule is CC(C)n1nnc2c(Nc3ccc(Cl)cc3)nc(NC3CCC(N)CC3)nc21. The first-order valence-electron chi connectivity index (χ1n) is 9.67. The summed E-state index contributed by atoms with van der Waals surface area (Å²) in [7, 11) is 0. The number of benzene rings is 1. The third-order valence-electron chi connectivity index (χ3n) is 5.02. The lowest BCUT2D eigenvalue weighted by atomic mass is 9.92. The number of hydrogen-bond acceptors (Lipinski definition) is 7. The van der Waals surface area contributed by atoms with E-state index in [0.717, 1.165) is 31.4 Å². The van der Waals surface area contributed by atoms with Crippen molar-refractivity contribution in [3.8, 4) is 0 Å². The molecular formula is C19H25ClN8. The van der Waals surface area contributed by atoms with Crippen LogP contribution in [0, 0.1) is 0 Å². The number of hydrogen-bond donors (Lipinski definition) is 3. The van der Waals surface area contributed by atoms with Crippen molar-refractivity contribution in [2.75, 3.05) is 10.6 Å². The van der Waals surface area contributed by atoms with E-state index in [1.807, 2.05) is 28.9 Å². The molecular weight excluding hydrogens is 376 g/mol. The third-order valence-corrected chi connectivity index (χ3v) is 5.28. The van der Waals surface area contributed by atoms with Crippen LogP contribution >= 0.6 is 11.6 Å². The lowest BCUT2D eigenvalue weighted by Crippen LogP contribution is -2.33. The van der Waals surface area contributed by atoms with E-state index in [4.69, 9.17) is 27.3 Å². The van der Waals surface area contributed by atoms with Crippen LogP contribution < -0.4 is 16.4 Å². The predicted octanol–water partition coefficient (Wildman–Crippen LogP) is 3.88. The fourth-order valence-electron chi connectivity index (χ4n) is 3.45. The summed E-state index contributed by atoms with van der Waals surface area (Å²) in [6.07, 6.45) is 4.07. The zero-order valence-electron chi connectivity index (χ0n) is 16.1. The molecule has 28 heavy (non-hydrogen) atoms. The second kappa shape index (κ2) is 7.89. The molecule has 0 amide bonds. The molecule has 4 N–H and O–H groups in total. The normalized spacial score (nSPS) is 19.9. The lowest BCUT2D eigenvalue weighted by Gasteiger charge is -2.26. The zero-order valence-corrected chi connectivity index (χ0v) is 16.8. The van der Waals surface area contributed by atoms with Gasteiger partial charge in [0.2, 0.25) is 5.95 Å². The van der Waals surface area contributed by atoms with Gasteiger partial charge in [0.25, 0.3) is 0 Å². The molecule has 4 rings (SSSR count). The monoisotopic (exact) mass is 400 g/mol. The van der Waals surface area contributed by atoms with Crippen molar-refractivity contribution in [2.45, 2.75) is 57.7 Å². The topological polar surface area (TPSA) is 107 Å². The van der Waals surface area contributed by atoms with Gasteiger partial charge in [-0.15, -0.1) is 5.10 Å². The third kappa shape index (κ3) is 4.02.